The highest BCUT2D eigenvalue weighted by atomic mass is 32.2. The number of rotatable bonds is 11. The van der Waals surface area contributed by atoms with Crippen LogP contribution in [0.4, 0.5) is 5.69 Å². The second kappa shape index (κ2) is 10.9. The molecule has 33 heavy (non-hydrogen) atoms. The van der Waals surface area contributed by atoms with Gasteiger partial charge in [0.25, 0.3) is 10.0 Å². The Morgan fingerprint density at radius 1 is 0.909 bits per heavy atom. The van der Waals surface area contributed by atoms with Crippen LogP contribution in [-0.4, -0.2) is 32.7 Å². The summed E-state index contributed by atoms with van der Waals surface area (Å²) in [5.41, 5.74) is 2.10. The molecule has 3 rings (SSSR count). The highest BCUT2D eigenvalue weighted by molar-refractivity contribution is 7.92. The standard InChI is InChI=1S/C25H27NO6S/c1-18(2)19-7-13-23(14-8-19)33(29,30)26-21-9-11-22(12-10-21)31-15-16-32-24-6-4-3-5-20(24)17-25(27)28/h3-14,18,26H,15-17H2,1-2H3,(H,27,28). The summed E-state index contributed by atoms with van der Waals surface area (Å²) in [5, 5.41) is 8.98. The lowest BCUT2D eigenvalue weighted by Crippen LogP contribution is -2.13. The first-order valence-electron chi connectivity index (χ1n) is 10.5. The summed E-state index contributed by atoms with van der Waals surface area (Å²) in [5.74, 6) is 0.467. The lowest BCUT2D eigenvalue weighted by molar-refractivity contribution is -0.136. The zero-order valence-electron chi connectivity index (χ0n) is 18.5. The topological polar surface area (TPSA) is 102 Å². The van der Waals surface area contributed by atoms with Crippen LogP contribution in [0.25, 0.3) is 0 Å². The number of benzene rings is 3. The fourth-order valence-electron chi connectivity index (χ4n) is 3.13. The van der Waals surface area contributed by atoms with Crippen LogP contribution in [0.5, 0.6) is 11.5 Å². The predicted molar refractivity (Wildman–Crippen MR) is 127 cm³/mol. The molecule has 0 saturated heterocycles. The molecule has 0 aliphatic rings. The normalized spacial score (nSPS) is 11.2. The highest BCUT2D eigenvalue weighted by Gasteiger charge is 2.14. The monoisotopic (exact) mass is 469 g/mol. The number of sulfonamides is 1. The van der Waals surface area contributed by atoms with E-state index in [9.17, 15) is 13.2 Å². The average molecular weight is 470 g/mol. The lowest BCUT2D eigenvalue weighted by Gasteiger charge is -2.12. The number of carboxylic acid groups (broad SMARTS) is 1. The summed E-state index contributed by atoms with van der Waals surface area (Å²) < 4.78 is 39.1. The number of anilines is 1. The molecule has 0 radical (unpaired) electrons. The van der Waals surface area contributed by atoms with Crippen LogP contribution >= 0.6 is 0 Å². The van der Waals surface area contributed by atoms with E-state index in [0.29, 0.717) is 28.7 Å². The van der Waals surface area contributed by atoms with Crippen molar-refractivity contribution in [3.63, 3.8) is 0 Å². The largest absolute Gasteiger partial charge is 0.490 e. The van der Waals surface area contributed by atoms with Crippen LogP contribution in [0.1, 0.15) is 30.9 Å². The molecule has 0 spiro atoms. The number of carbonyl (C=O) groups is 1. The minimum atomic E-state index is -3.69. The number of para-hydroxylation sites is 1. The Hall–Kier alpha value is -3.52. The van der Waals surface area contributed by atoms with Gasteiger partial charge >= 0.3 is 5.97 Å². The molecule has 0 bridgehead atoms. The molecule has 3 aromatic rings. The van der Waals surface area contributed by atoms with Crippen molar-refractivity contribution in [1.29, 1.82) is 0 Å². The van der Waals surface area contributed by atoms with E-state index >= 15 is 0 Å². The first kappa shape index (κ1) is 24.1. The quantitative estimate of drug-likeness (QED) is 0.395. The Labute approximate surface area is 194 Å². The smallest absolute Gasteiger partial charge is 0.307 e. The van der Waals surface area contributed by atoms with Crippen LogP contribution in [-0.2, 0) is 21.2 Å². The third-order valence-electron chi connectivity index (χ3n) is 4.89. The zero-order chi connectivity index (χ0) is 23.8. The molecule has 174 valence electrons. The summed E-state index contributed by atoms with van der Waals surface area (Å²) >= 11 is 0. The van der Waals surface area contributed by atoms with E-state index in [4.69, 9.17) is 14.6 Å². The number of hydrogen-bond donors (Lipinski definition) is 2. The van der Waals surface area contributed by atoms with Crippen molar-refractivity contribution in [2.45, 2.75) is 31.1 Å². The van der Waals surface area contributed by atoms with E-state index in [1.165, 1.54) is 0 Å². The van der Waals surface area contributed by atoms with Crippen LogP contribution < -0.4 is 14.2 Å². The van der Waals surface area contributed by atoms with Gasteiger partial charge in [0.05, 0.1) is 11.3 Å². The molecular formula is C25H27NO6S. The average Bonchev–Trinajstić information content (AvgIpc) is 2.78. The summed E-state index contributed by atoms with van der Waals surface area (Å²) in [6, 6.07) is 20.4. The first-order valence-corrected chi connectivity index (χ1v) is 12.0. The van der Waals surface area contributed by atoms with Gasteiger partial charge in [-0.05, 0) is 53.9 Å². The summed E-state index contributed by atoms with van der Waals surface area (Å²) in [6.07, 6.45) is -0.115. The van der Waals surface area contributed by atoms with E-state index < -0.39 is 16.0 Å². The van der Waals surface area contributed by atoms with Gasteiger partial charge in [0.15, 0.2) is 0 Å². The second-order valence-electron chi connectivity index (χ2n) is 7.73. The number of nitrogens with one attached hydrogen (secondary N) is 1. The molecule has 0 atom stereocenters. The van der Waals surface area contributed by atoms with Gasteiger partial charge in [-0.1, -0.05) is 44.2 Å². The summed E-state index contributed by atoms with van der Waals surface area (Å²) in [6.45, 7) is 4.58. The Morgan fingerprint density at radius 2 is 1.55 bits per heavy atom. The SMILES string of the molecule is CC(C)c1ccc(S(=O)(=O)Nc2ccc(OCCOc3ccccc3CC(=O)O)cc2)cc1. The molecule has 3 aromatic carbocycles. The van der Waals surface area contributed by atoms with Crippen molar-refractivity contribution in [1.82, 2.24) is 0 Å². The van der Waals surface area contributed by atoms with E-state index in [2.05, 4.69) is 18.6 Å². The van der Waals surface area contributed by atoms with Crippen LogP contribution in [0.3, 0.4) is 0 Å². The molecule has 0 unspecified atom stereocenters. The fourth-order valence-corrected chi connectivity index (χ4v) is 4.19. The Balaban J connectivity index is 1.52. The number of aliphatic carboxylic acids is 1. The lowest BCUT2D eigenvalue weighted by atomic mass is 10.0. The molecule has 0 aromatic heterocycles. The van der Waals surface area contributed by atoms with Gasteiger partial charge in [-0.15, -0.1) is 0 Å². The van der Waals surface area contributed by atoms with Crippen molar-refractivity contribution in [2.24, 2.45) is 0 Å². The number of carboxylic acids is 1. The Bertz CT molecular complexity index is 1170. The van der Waals surface area contributed by atoms with Gasteiger partial charge < -0.3 is 14.6 Å². The molecule has 0 saturated carbocycles. The zero-order valence-corrected chi connectivity index (χ0v) is 19.3. The van der Waals surface area contributed by atoms with Crippen molar-refractivity contribution in [2.75, 3.05) is 17.9 Å². The van der Waals surface area contributed by atoms with E-state index in [1.807, 2.05) is 12.1 Å². The minimum absolute atomic E-state index is 0.115. The molecule has 0 heterocycles. The molecule has 7 nitrogen and oxygen atoms in total. The predicted octanol–water partition coefficient (Wildman–Crippen LogP) is 4.70. The first-order chi connectivity index (χ1) is 15.7. The second-order valence-corrected chi connectivity index (χ2v) is 9.41. The maximum atomic E-state index is 12.6. The molecule has 8 heteroatoms. The van der Waals surface area contributed by atoms with E-state index in [1.54, 1.807) is 60.7 Å². The summed E-state index contributed by atoms with van der Waals surface area (Å²) in [4.78, 5) is 11.1. The molecule has 0 aliphatic carbocycles. The molecule has 2 N–H and O–H groups in total. The minimum Gasteiger partial charge on any atom is -0.490 e. The Kier molecular flexibility index (Phi) is 7.95. The number of ether oxygens (including phenoxy) is 2. The summed E-state index contributed by atoms with van der Waals surface area (Å²) in [7, 11) is -3.69. The van der Waals surface area contributed by atoms with Gasteiger partial charge in [0.2, 0.25) is 0 Å². The van der Waals surface area contributed by atoms with Crippen molar-refractivity contribution in [3.8, 4) is 11.5 Å². The van der Waals surface area contributed by atoms with Crippen LogP contribution in [0, 0.1) is 0 Å². The van der Waals surface area contributed by atoms with Crippen LogP contribution in [0.15, 0.2) is 77.7 Å². The molecule has 0 fully saturated rings. The van der Waals surface area contributed by atoms with Crippen molar-refractivity contribution >= 4 is 21.7 Å². The van der Waals surface area contributed by atoms with Crippen molar-refractivity contribution < 1.29 is 27.8 Å². The molecule has 0 aliphatic heterocycles. The maximum Gasteiger partial charge on any atom is 0.307 e. The van der Waals surface area contributed by atoms with E-state index in [0.717, 1.165) is 5.56 Å². The third-order valence-corrected chi connectivity index (χ3v) is 6.28. The molecular weight excluding hydrogens is 442 g/mol. The Morgan fingerprint density at radius 3 is 2.18 bits per heavy atom. The molecule has 0 amide bonds. The van der Waals surface area contributed by atoms with Gasteiger partial charge in [-0.3, -0.25) is 9.52 Å². The van der Waals surface area contributed by atoms with E-state index in [-0.39, 0.29) is 24.5 Å². The van der Waals surface area contributed by atoms with Gasteiger partial charge in [-0.2, -0.15) is 0 Å². The van der Waals surface area contributed by atoms with Crippen LogP contribution in [0.2, 0.25) is 0 Å². The maximum absolute atomic E-state index is 12.6. The fraction of sp³-hybridized carbons (Fsp3) is 0.240. The van der Waals surface area contributed by atoms with Gasteiger partial charge in [-0.25, -0.2) is 8.42 Å². The van der Waals surface area contributed by atoms with Crippen molar-refractivity contribution in [3.05, 3.63) is 83.9 Å². The third kappa shape index (κ3) is 6.98. The highest BCUT2D eigenvalue weighted by Crippen LogP contribution is 2.22. The number of hydrogen-bond acceptors (Lipinski definition) is 5. The van der Waals surface area contributed by atoms with Gasteiger partial charge in [0.1, 0.15) is 24.7 Å². The van der Waals surface area contributed by atoms with Gasteiger partial charge in [0, 0.05) is 11.3 Å².